The summed E-state index contributed by atoms with van der Waals surface area (Å²) >= 11 is 5.50. The van der Waals surface area contributed by atoms with Gasteiger partial charge in [0.05, 0.1) is 6.61 Å². The second kappa shape index (κ2) is 4.47. The molecule has 7 nitrogen and oxygen atoms in total. The average molecular weight is 281 g/mol. The summed E-state index contributed by atoms with van der Waals surface area (Å²) in [5.74, 6) is 0. The van der Waals surface area contributed by atoms with Gasteiger partial charge in [0.2, 0.25) is 0 Å². The van der Waals surface area contributed by atoms with Crippen molar-refractivity contribution in [3.63, 3.8) is 0 Å². The van der Waals surface area contributed by atoms with Gasteiger partial charge in [-0.1, -0.05) is 11.6 Å². The lowest BCUT2D eigenvalue weighted by Gasteiger charge is -2.22. The molecule has 3 N–H and O–H groups in total. The number of aliphatic hydroxyl groups excluding tert-OH is 2. The second-order valence-electron chi connectivity index (χ2n) is 3.85. The first-order chi connectivity index (χ1) is 8.37. The second-order valence-corrected chi connectivity index (χ2v) is 4.43. The SMILES string of the molecule is O=c1ccn([C@H]2O[C@H](CO)C(O)[C@]2(F)Cl)c(=O)[nH]1. The lowest BCUT2D eigenvalue weighted by Crippen LogP contribution is -2.41. The number of rotatable bonds is 2. The highest BCUT2D eigenvalue weighted by molar-refractivity contribution is 6.23. The molecule has 0 radical (unpaired) electrons. The van der Waals surface area contributed by atoms with Crippen molar-refractivity contribution in [1.29, 1.82) is 0 Å². The predicted molar refractivity (Wildman–Crippen MR) is 58.0 cm³/mol. The van der Waals surface area contributed by atoms with Crippen LogP contribution in [-0.2, 0) is 4.74 Å². The summed E-state index contributed by atoms with van der Waals surface area (Å²) in [7, 11) is 0. The first-order valence-corrected chi connectivity index (χ1v) is 5.39. The number of aromatic amines is 1. The van der Waals surface area contributed by atoms with Crippen LogP contribution in [0.2, 0.25) is 0 Å². The number of hydrogen-bond acceptors (Lipinski definition) is 5. The van der Waals surface area contributed by atoms with E-state index in [9.17, 15) is 19.1 Å². The van der Waals surface area contributed by atoms with E-state index in [4.69, 9.17) is 21.4 Å². The molecule has 2 rings (SSSR count). The summed E-state index contributed by atoms with van der Waals surface area (Å²) in [6, 6.07) is 0.983. The molecule has 4 atom stereocenters. The number of hydrogen-bond donors (Lipinski definition) is 3. The fourth-order valence-corrected chi connectivity index (χ4v) is 2.03. The number of ether oxygens (including phenoxy) is 1. The van der Waals surface area contributed by atoms with Gasteiger partial charge in [0, 0.05) is 12.3 Å². The Morgan fingerprint density at radius 1 is 1.61 bits per heavy atom. The number of halogens is 2. The summed E-state index contributed by atoms with van der Waals surface area (Å²) in [5, 5.41) is 15.6. The van der Waals surface area contributed by atoms with Crippen LogP contribution in [0.3, 0.4) is 0 Å². The zero-order valence-electron chi connectivity index (χ0n) is 8.92. The molecule has 0 spiro atoms. The highest BCUT2D eigenvalue weighted by atomic mass is 35.5. The van der Waals surface area contributed by atoms with Gasteiger partial charge in [-0.15, -0.1) is 0 Å². The van der Waals surface area contributed by atoms with E-state index in [0.717, 1.165) is 12.3 Å². The van der Waals surface area contributed by atoms with Crippen LogP contribution in [0.25, 0.3) is 0 Å². The van der Waals surface area contributed by atoms with E-state index in [1.165, 1.54) is 0 Å². The van der Waals surface area contributed by atoms with Crippen molar-refractivity contribution in [2.75, 3.05) is 6.61 Å². The zero-order valence-corrected chi connectivity index (χ0v) is 9.67. The average Bonchev–Trinajstić information content (AvgIpc) is 2.52. The Balaban J connectivity index is 2.45. The van der Waals surface area contributed by atoms with Gasteiger partial charge in [-0.25, -0.2) is 9.18 Å². The van der Waals surface area contributed by atoms with Crippen molar-refractivity contribution in [3.05, 3.63) is 33.1 Å². The highest BCUT2D eigenvalue weighted by Crippen LogP contribution is 2.43. The molecule has 1 unspecified atom stereocenters. The molecule has 0 bridgehead atoms. The Morgan fingerprint density at radius 2 is 2.28 bits per heavy atom. The van der Waals surface area contributed by atoms with Gasteiger partial charge in [0.25, 0.3) is 10.7 Å². The van der Waals surface area contributed by atoms with E-state index in [-0.39, 0.29) is 0 Å². The summed E-state index contributed by atoms with van der Waals surface area (Å²) in [6.07, 6.45) is -3.70. The smallest absolute Gasteiger partial charge is 0.330 e. The van der Waals surface area contributed by atoms with Crippen LogP contribution in [0.5, 0.6) is 0 Å². The van der Waals surface area contributed by atoms with Gasteiger partial charge in [-0.3, -0.25) is 14.3 Å². The fraction of sp³-hybridized carbons (Fsp3) is 0.556. The molecular weight excluding hydrogens is 271 g/mol. The van der Waals surface area contributed by atoms with Crippen LogP contribution >= 0.6 is 11.6 Å². The number of aliphatic hydroxyl groups is 2. The molecule has 0 aromatic carbocycles. The summed E-state index contributed by atoms with van der Waals surface area (Å²) in [5.41, 5.74) is -1.59. The van der Waals surface area contributed by atoms with Gasteiger partial charge in [0.15, 0.2) is 6.23 Å². The minimum atomic E-state index is -2.78. The van der Waals surface area contributed by atoms with Crippen LogP contribution in [0.15, 0.2) is 21.9 Å². The maximum atomic E-state index is 14.1. The highest BCUT2D eigenvalue weighted by Gasteiger charge is 2.57. The van der Waals surface area contributed by atoms with Gasteiger partial charge in [0.1, 0.15) is 12.2 Å². The number of alkyl halides is 2. The molecule has 1 aromatic heterocycles. The normalized spacial score (nSPS) is 35.9. The third-order valence-corrected chi connectivity index (χ3v) is 3.07. The largest absolute Gasteiger partial charge is 0.394 e. The lowest BCUT2D eigenvalue weighted by molar-refractivity contribution is -0.0518. The van der Waals surface area contributed by atoms with Crippen molar-refractivity contribution in [3.8, 4) is 0 Å². The maximum Gasteiger partial charge on any atom is 0.330 e. The van der Waals surface area contributed by atoms with Gasteiger partial charge in [-0.05, 0) is 0 Å². The number of aromatic nitrogens is 2. The molecule has 1 aromatic rings. The third kappa shape index (κ3) is 1.97. The van der Waals surface area contributed by atoms with Crippen molar-refractivity contribution in [2.24, 2.45) is 0 Å². The first kappa shape index (κ1) is 13.2. The summed E-state index contributed by atoms with van der Waals surface area (Å²) in [4.78, 5) is 24.3. The quantitative estimate of drug-likeness (QED) is 0.584. The van der Waals surface area contributed by atoms with E-state index >= 15 is 0 Å². The zero-order chi connectivity index (χ0) is 13.5. The van der Waals surface area contributed by atoms with E-state index in [0.29, 0.717) is 4.57 Å². The third-order valence-electron chi connectivity index (χ3n) is 2.66. The Bertz CT molecular complexity index is 556. The molecule has 2 heterocycles. The maximum absolute atomic E-state index is 14.1. The van der Waals surface area contributed by atoms with Gasteiger partial charge < -0.3 is 14.9 Å². The molecule has 18 heavy (non-hydrogen) atoms. The number of nitrogens with zero attached hydrogens (tertiary/aromatic N) is 1. The number of H-pyrrole nitrogens is 1. The minimum absolute atomic E-state index is 0.659. The van der Waals surface area contributed by atoms with Crippen molar-refractivity contribution >= 4 is 11.6 Å². The number of nitrogens with one attached hydrogen (secondary N) is 1. The molecule has 0 aliphatic carbocycles. The van der Waals surface area contributed by atoms with E-state index in [1.807, 2.05) is 4.98 Å². The molecule has 100 valence electrons. The van der Waals surface area contributed by atoms with E-state index in [1.54, 1.807) is 0 Å². The molecule has 1 aliphatic rings. The molecular formula is C9H10ClFN2O5. The molecule has 0 saturated carbocycles. The Kier molecular flexibility index (Phi) is 3.28. The van der Waals surface area contributed by atoms with E-state index in [2.05, 4.69) is 0 Å². The van der Waals surface area contributed by atoms with Crippen molar-refractivity contribution in [1.82, 2.24) is 9.55 Å². The topological polar surface area (TPSA) is 105 Å². The van der Waals surface area contributed by atoms with Gasteiger partial charge in [-0.2, -0.15) is 0 Å². The predicted octanol–water partition coefficient (Wildman–Crippen LogP) is -1.31. The standard InChI is InChI=1S/C9H10ClFN2O5/c10-9(11)6(16)4(3-14)18-7(9)13-2-1-5(15)12-8(13)17/h1-2,4,6-7,14,16H,3H2,(H,12,15,17)/t4-,6?,7+,9-/m1/s1. The monoisotopic (exact) mass is 280 g/mol. The Labute approximate surface area is 104 Å². The van der Waals surface area contributed by atoms with Crippen LogP contribution in [0.4, 0.5) is 4.39 Å². The summed E-state index contributed by atoms with van der Waals surface area (Å²) in [6.45, 7) is -0.659. The first-order valence-electron chi connectivity index (χ1n) is 5.01. The molecule has 0 amide bonds. The summed E-state index contributed by atoms with van der Waals surface area (Å²) < 4.78 is 19.8. The minimum Gasteiger partial charge on any atom is -0.394 e. The van der Waals surface area contributed by atoms with Crippen LogP contribution in [0.1, 0.15) is 6.23 Å². The van der Waals surface area contributed by atoms with Gasteiger partial charge >= 0.3 is 5.69 Å². The Morgan fingerprint density at radius 3 is 2.78 bits per heavy atom. The fourth-order valence-electron chi connectivity index (χ4n) is 1.73. The van der Waals surface area contributed by atoms with Crippen LogP contribution in [-0.4, -0.2) is 43.7 Å². The molecule has 1 aliphatic heterocycles. The molecule has 9 heteroatoms. The van der Waals surface area contributed by atoms with E-state index < -0.39 is 41.4 Å². The van der Waals surface area contributed by atoms with Crippen molar-refractivity contribution in [2.45, 2.75) is 23.6 Å². The lowest BCUT2D eigenvalue weighted by atomic mass is 10.1. The van der Waals surface area contributed by atoms with Crippen LogP contribution in [0, 0.1) is 0 Å². The Hall–Kier alpha value is -1.22. The van der Waals surface area contributed by atoms with Crippen molar-refractivity contribution < 1.29 is 19.3 Å². The molecule has 1 fully saturated rings. The molecule has 1 saturated heterocycles. The van der Waals surface area contributed by atoms with Crippen LogP contribution < -0.4 is 11.2 Å².